The van der Waals surface area contributed by atoms with Gasteiger partial charge in [0, 0.05) is 11.5 Å². The Hall–Kier alpha value is -0.440. The third-order valence-corrected chi connectivity index (χ3v) is 6.00. The first-order chi connectivity index (χ1) is 10.4. The molecule has 0 aromatic heterocycles. The van der Waals surface area contributed by atoms with Crippen LogP contribution in [0, 0.1) is 5.92 Å². The van der Waals surface area contributed by atoms with Gasteiger partial charge in [0.25, 0.3) is 0 Å². The van der Waals surface area contributed by atoms with Gasteiger partial charge in [0.15, 0.2) is 5.75 Å². The fourth-order valence-electron chi connectivity index (χ4n) is 4.18. The van der Waals surface area contributed by atoms with E-state index in [1.807, 2.05) is 19.9 Å². The molecule has 3 N–H and O–H groups in total. The van der Waals surface area contributed by atoms with Crippen molar-refractivity contribution in [3.8, 4) is 5.75 Å². The zero-order chi connectivity index (χ0) is 16.5. The van der Waals surface area contributed by atoms with Gasteiger partial charge in [-0.1, -0.05) is 63.2 Å². The predicted octanol–water partition coefficient (Wildman–Crippen LogP) is 5.45. The Morgan fingerprint density at radius 3 is 2.59 bits per heavy atom. The summed E-state index contributed by atoms with van der Waals surface area (Å²) in [7, 11) is 0. The van der Waals surface area contributed by atoms with Crippen LogP contribution in [0.3, 0.4) is 0 Å². The van der Waals surface area contributed by atoms with Crippen molar-refractivity contribution in [3.63, 3.8) is 0 Å². The molecule has 2 aliphatic carbocycles. The van der Waals surface area contributed by atoms with Crippen LogP contribution in [0.1, 0.15) is 64.0 Å². The molecule has 124 valence electrons. The highest BCUT2D eigenvalue weighted by molar-refractivity contribution is 6.37. The molecule has 4 heteroatoms. The lowest BCUT2D eigenvalue weighted by molar-refractivity contribution is 0.201. The molecule has 2 aliphatic rings. The van der Waals surface area contributed by atoms with Crippen molar-refractivity contribution in [2.75, 3.05) is 0 Å². The zero-order valence-electron chi connectivity index (χ0n) is 13.8. The van der Waals surface area contributed by atoms with E-state index in [0.717, 1.165) is 24.8 Å². The minimum atomic E-state index is -0.155. The van der Waals surface area contributed by atoms with Crippen molar-refractivity contribution in [1.29, 1.82) is 0 Å². The van der Waals surface area contributed by atoms with Crippen molar-refractivity contribution >= 4 is 23.2 Å². The molecule has 22 heavy (non-hydrogen) atoms. The summed E-state index contributed by atoms with van der Waals surface area (Å²) in [6.07, 6.45) is 6.79. The van der Waals surface area contributed by atoms with Crippen LogP contribution >= 0.6 is 23.2 Å². The molecular weight excluding hydrogens is 317 g/mol. The molecule has 1 aromatic carbocycles. The second kappa shape index (κ2) is 6.98. The molecule has 3 rings (SSSR count). The monoisotopic (exact) mass is 343 g/mol. The maximum Gasteiger partial charge on any atom is 0.153 e. The number of phenols is 1. The molecule has 0 amide bonds. The number of fused-ring (bicyclic) bond motifs is 4. The van der Waals surface area contributed by atoms with Crippen LogP contribution in [0.4, 0.5) is 0 Å². The number of rotatable bonds is 0. The number of nitrogens with two attached hydrogens (primary N) is 1. The molecule has 3 atom stereocenters. The fourth-order valence-corrected chi connectivity index (χ4v) is 4.89. The lowest BCUT2D eigenvalue weighted by Gasteiger charge is -2.47. The number of halogens is 2. The zero-order valence-corrected chi connectivity index (χ0v) is 15.3. The van der Waals surface area contributed by atoms with Crippen LogP contribution in [0.15, 0.2) is 6.07 Å². The largest absolute Gasteiger partial charge is 0.505 e. The predicted molar refractivity (Wildman–Crippen MR) is 95.1 cm³/mol. The minimum Gasteiger partial charge on any atom is -0.505 e. The van der Waals surface area contributed by atoms with Crippen LogP contribution in [-0.2, 0) is 11.8 Å². The number of hydrogen-bond donors (Lipinski definition) is 2. The third kappa shape index (κ3) is 2.86. The molecule has 3 unspecified atom stereocenters. The summed E-state index contributed by atoms with van der Waals surface area (Å²) in [5, 5.41) is 10.8. The average Bonchev–Trinajstić information content (AvgIpc) is 2.51. The van der Waals surface area contributed by atoms with Crippen molar-refractivity contribution in [2.45, 2.75) is 70.8 Å². The smallest absolute Gasteiger partial charge is 0.153 e. The molecule has 2 nitrogen and oxygen atoms in total. The van der Waals surface area contributed by atoms with E-state index in [2.05, 4.69) is 6.92 Å². The number of hydrogen-bond acceptors (Lipinski definition) is 2. The Bertz CT molecular complexity index is 546. The highest BCUT2D eigenvalue weighted by Gasteiger charge is 2.45. The molecule has 0 spiro atoms. The van der Waals surface area contributed by atoms with Crippen LogP contribution in [0.5, 0.6) is 5.75 Å². The van der Waals surface area contributed by atoms with Gasteiger partial charge in [0.05, 0.1) is 10.0 Å². The Balaban J connectivity index is 0.000000847. The molecule has 0 heterocycles. The van der Waals surface area contributed by atoms with E-state index in [4.69, 9.17) is 28.9 Å². The maximum atomic E-state index is 10.1. The molecular formula is C18H27Cl2NO. The topological polar surface area (TPSA) is 46.2 Å². The average molecular weight is 344 g/mol. The summed E-state index contributed by atoms with van der Waals surface area (Å²) in [6.45, 7) is 6.20. The van der Waals surface area contributed by atoms with Gasteiger partial charge < -0.3 is 10.8 Å². The first-order valence-corrected chi connectivity index (χ1v) is 9.16. The van der Waals surface area contributed by atoms with Gasteiger partial charge in [-0.25, -0.2) is 0 Å². The highest BCUT2D eigenvalue weighted by atomic mass is 35.5. The number of aromatic hydroxyl groups is 1. The van der Waals surface area contributed by atoms with E-state index < -0.39 is 0 Å². The summed E-state index contributed by atoms with van der Waals surface area (Å²) < 4.78 is 0. The lowest BCUT2D eigenvalue weighted by atomic mass is 9.60. The quantitative estimate of drug-likeness (QED) is 0.658. The third-order valence-electron chi connectivity index (χ3n) is 5.34. The Morgan fingerprint density at radius 2 is 1.91 bits per heavy atom. The first kappa shape index (κ1) is 17.9. The van der Waals surface area contributed by atoms with Crippen molar-refractivity contribution in [2.24, 2.45) is 11.7 Å². The molecule has 0 aliphatic heterocycles. The minimum absolute atomic E-state index is 0.000942. The maximum absolute atomic E-state index is 10.1. The standard InChI is InChI=1S/C16H21Cl2NO.C2H6/c1-16-6-4-2-3-5-9(15(16)19)7-10-8-11(17)14(20)13(18)12(10)16;1-2/h8-9,15,20H,2-7,19H2,1H3;1-2H3. The van der Waals surface area contributed by atoms with E-state index in [9.17, 15) is 5.11 Å². The van der Waals surface area contributed by atoms with E-state index in [1.54, 1.807) is 0 Å². The number of benzene rings is 1. The van der Waals surface area contributed by atoms with Gasteiger partial charge in [-0.3, -0.25) is 0 Å². The highest BCUT2D eigenvalue weighted by Crippen LogP contribution is 2.51. The van der Waals surface area contributed by atoms with E-state index in [0.29, 0.717) is 16.0 Å². The Kier molecular flexibility index (Phi) is 5.68. The number of phenolic OH excluding ortho intramolecular Hbond substituents is 1. The normalized spacial score (nSPS) is 30.5. The summed E-state index contributed by atoms with van der Waals surface area (Å²) in [6, 6.07) is 1.99. The van der Waals surface area contributed by atoms with Crippen LogP contribution in [0.2, 0.25) is 10.0 Å². The van der Waals surface area contributed by atoms with E-state index in [-0.39, 0.29) is 17.2 Å². The molecule has 1 aromatic rings. The summed E-state index contributed by atoms with van der Waals surface area (Å²) in [5.41, 5.74) is 8.64. The molecule has 0 radical (unpaired) electrons. The second-order valence-corrected chi connectivity index (χ2v) is 7.35. The van der Waals surface area contributed by atoms with E-state index in [1.165, 1.54) is 24.8 Å². The van der Waals surface area contributed by atoms with Gasteiger partial charge in [-0.2, -0.15) is 0 Å². The van der Waals surface area contributed by atoms with Gasteiger partial charge >= 0.3 is 0 Å². The first-order valence-electron chi connectivity index (χ1n) is 8.41. The van der Waals surface area contributed by atoms with Crippen LogP contribution < -0.4 is 5.73 Å². The van der Waals surface area contributed by atoms with Crippen LogP contribution in [-0.4, -0.2) is 11.1 Å². The summed E-state index contributed by atoms with van der Waals surface area (Å²) in [4.78, 5) is 0. The SMILES string of the molecule is CC.CC12CCCCCC(Cc3cc(Cl)c(O)c(Cl)c31)C2N. The summed E-state index contributed by atoms with van der Waals surface area (Å²) in [5.74, 6) is 0.491. The van der Waals surface area contributed by atoms with Crippen LogP contribution in [0.25, 0.3) is 0 Å². The van der Waals surface area contributed by atoms with Crippen molar-refractivity contribution in [1.82, 2.24) is 0 Å². The van der Waals surface area contributed by atoms with Gasteiger partial charge in [0.2, 0.25) is 0 Å². The van der Waals surface area contributed by atoms with Crippen molar-refractivity contribution in [3.05, 3.63) is 27.2 Å². The van der Waals surface area contributed by atoms with Gasteiger partial charge in [-0.05, 0) is 42.4 Å². The molecule has 0 saturated heterocycles. The molecule has 2 bridgehead atoms. The lowest BCUT2D eigenvalue weighted by Crippen LogP contribution is -2.53. The Morgan fingerprint density at radius 1 is 1.23 bits per heavy atom. The van der Waals surface area contributed by atoms with Gasteiger partial charge in [0.1, 0.15) is 0 Å². The summed E-state index contributed by atoms with van der Waals surface area (Å²) >= 11 is 12.5. The molecule has 1 fully saturated rings. The van der Waals surface area contributed by atoms with Gasteiger partial charge in [-0.15, -0.1) is 0 Å². The fraction of sp³-hybridized carbons (Fsp3) is 0.667. The second-order valence-electron chi connectivity index (χ2n) is 6.56. The Labute approximate surface area is 144 Å². The molecule has 1 saturated carbocycles. The van der Waals surface area contributed by atoms with E-state index >= 15 is 0 Å². The van der Waals surface area contributed by atoms with Crippen molar-refractivity contribution < 1.29 is 5.11 Å².